The highest BCUT2D eigenvalue weighted by atomic mass is 35.5. The molecule has 88 valence electrons. The number of piperidine rings is 1. The summed E-state index contributed by atoms with van der Waals surface area (Å²) in [5.74, 6) is 1.44. The molecule has 1 heterocycles. The van der Waals surface area contributed by atoms with Crippen LogP contribution in [0.5, 0.6) is 5.75 Å². The molecule has 1 aromatic carbocycles. The Labute approximate surface area is 102 Å². The Morgan fingerprint density at radius 3 is 2.75 bits per heavy atom. The van der Waals surface area contributed by atoms with Gasteiger partial charge in [-0.1, -0.05) is 17.7 Å². The van der Waals surface area contributed by atoms with E-state index in [4.69, 9.17) is 16.3 Å². The van der Waals surface area contributed by atoms with Crippen molar-refractivity contribution in [1.29, 1.82) is 0 Å². The minimum atomic E-state index is 0.648. The first-order valence-electron chi connectivity index (χ1n) is 5.94. The van der Waals surface area contributed by atoms with E-state index in [-0.39, 0.29) is 0 Å². The second-order valence-electron chi connectivity index (χ2n) is 4.15. The average Bonchev–Trinajstić information content (AvgIpc) is 2.33. The zero-order valence-electron chi connectivity index (χ0n) is 9.63. The van der Waals surface area contributed by atoms with Crippen molar-refractivity contribution in [3.63, 3.8) is 0 Å². The van der Waals surface area contributed by atoms with E-state index >= 15 is 0 Å². The molecule has 2 nitrogen and oxygen atoms in total. The van der Waals surface area contributed by atoms with Crippen molar-refractivity contribution >= 4 is 11.6 Å². The molecule has 0 saturated carbocycles. The van der Waals surface area contributed by atoms with Gasteiger partial charge in [-0.25, -0.2) is 0 Å². The van der Waals surface area contributed by atoms with E-state index in [1.165, 1.54) is 18.4 Å². The van der Waals surface area contributed by atoms with E-state index in [2.05, 4.69) is 17.4 Å². The van der Waals surface area contributed by atoms with E-state index in [0.717, 1.165) is 23.9 Å². The number of halogens is 1. The maximum absolute atomic E-state index is 6.19. The average molecular weight is 240 g/mol. The maximum Gasteiger partial charge on any atom is 0.137 e. The molecule has 1 fully saturated rings. The fourth-order valence-electron chi connectivity index (χ4n) is 2.20. The molecule has 0 radical (unpaired) electrons. The third kappa shape index (κ3) is 2.69. The van der Waals surface area contributed by atoms with Crippen LogP contribution in [0.3, 0.4) is 0 Å². The molecule has 0 atom stereocenters. The van der Waals surface area contributed by atoms with Crippen LogP contribution in [0.2, 0.25) is 5.02 Å². The minimum Gasteiger partial charge on any atom is -0.492 e. The van der Waals surface area contributed by atoms with Crippen molar-refractivity contribution in [2.45, 2.75) is 25.7 Å². The van der Waals surface area contributed by atoms with Crippen molar-refractivity contribution in [3.8, 4) is 5.75 Å². The number of rotatable bonds is 3. The number of nitrogens with one attached hydrogen (secondary N) is 1. The van der Waals surface area contributed by atoms with Crippen LogP contribution < -0.4 is 10.1 Å². The summed E-state index contributed by atoms with van der Waals surface area (Å²) in [7, 11) is 0. The first kappa shape index (κ1) is 11.7. The summed E-state index contributed by atoms with van der Waals surface area (Å²) in [6.45, 7) is 4.84. The highest BCUT2D eigenvalue weighted by Crippen LogP contribution is 2.32. The van der Waals surface area contributed by atoms with Crippen molar-refractivity contribution in [2.24, 2.45) is 0 Å². The van der Waals surface area contributed by atoms with Crippen LogP contribution in [0.1, 0.15) is 31.2 Å². The molecule has 0 unspecified atom stereocenters. The van der Waals surface area contributed by atoms with Crippen LogP contribution in [0.15, 0.2) is 18.2 Å². The highest BCUT2D eigenvalue weighted by molar-refractivity contribution is 6.32. The second-order valence-corrected chi connectivity index (χ2v) is 4.55. The molecular formula is C13H18ClNO. The number of hydrogen-bond donors (Lipinski definition) is 1. The fourth-order valence-corrected chi connectivity index (χ4v) is 2.44. The lowest BCUT2D eigenvalue weighted by molar-refractivity contribution is 0.340. The molecule has 3 heteroatoms. The molecule has 0 bridgehead atoms. The molecule has 0 spiro atoms. The fraction of sp³-hybridized carbons (Fsp3) is 0.538. The van der Waals surface area contributed by atoms with Gasteiger partial charge in [-0.15, -0.1) is 0 Å². The Bertz CT molecular complexity index is 348. The van der Waals surface area contributed by atoms with Gasteiger partial charge in [-0.05, 0) is 56.5 Å². The van der Waals surface area contributed by atoms with E-state index in [0.29, 0.717) is 12.5 Å². The molecule has 0 aromatic heterocycles. The molecule has 1 N–H and O–H groups in total. The maximum atomic E-state index is 6.19. The zero-order valence-corrected chi connectivity index (χ0v) is 10.4. The van der Waals surface area contributed by atoms with Crippen LogP contribution in [-0.4, -0.2) is 19.7 Å². The van der Waals surface area contributed by atoms with Gasteiger partial charge in [-0.3, -0.25) is 0 Å². The molecule has 0 amide bonds. The van der Waals surface area contributed by atoms with Gasteiger partial charge in [0.15, 0.2) is 0 Å². The molecule has 1 aromatic rings. The standard InChI is InChI=1S/C13H18ClNO/c1-2-16-13-4-3-11(9-12(13)14)10-5-7-15-8-6-10/h3-4,9-10,15H,2,5-8H2,1H3. The van der Waals surface area contributed by atoms with Crippen molar-refractivity contribution in [2.75, 3.05) is 19.7 Å². The molecule has 1 aliphatic heterocycles. The first-order chi connectivity index (χ1) is 7.81. The predicted molar refractivity (Wildman–Crippen MR) is 67.5 cm³/mol. The Hall–Kier alpha value is -0.730. The zero-order chi connectivity index (χ0) is 11.4. The smallest absolute Gasteiger partial charge is 0.137 e. The van der Waals surface area contributed by atoms with Crippen molar-refractivity contribution < 1.29 is 4.74 Å². The lowest BCUT2D eigenvalue weighted by Crippen LogP contribution is -2.26. The van der Waals surface area contributed by atoms with Gasteiger partial charge in [0.05, 0.1) is 11.6 Å². The predicted octanol–water partition coefficient (Wildman–Crippen LogP) is 3.21. The summed E-state index contributed by atoms with van der Waals surface area (Å²) in [4.78, 5) is 0. The number of benzene rings is 1. The van der Waals surface area contributed by atoms with Crippen LogP contribution >= 0.6 is 11.6 Å². The lowest BCUT2D eigenvalue weighted by atomic mass is 9.90. The first-order valence-corrected chi connectivity index (χ1v) is 6.32. The van der Waals surface area contributed by atoms with Crippen LogP contribution in [0.4, 0.5) is 0 Å². The van der Waals surface area contributed by atoms with Gasteiger partial charge in [0.1, 0.15) is 5.75 Å². The van der Waals surface area contributed by atoms with Gasteiger partial charge in [0.25, 0.3) is 0 Å². The third-order valence-electron chi connectivity index (χ3n) is 3.07. The summed E-state index contributed by atoms with van der Waals surface area (Å²) < 4.78 is 5.43. The lowest BCUT2D eigenvalue weighted by Gasteiger charge is -2.23. The Morgan fingerprint density at radius 2 is 2.12 bits per heavy atom. The van der Waals surface area contributed by atoms with Crippen LogP contribution in [0.25, 0.3) is 0 Å². The molecule has 16 heavy (non-hydrogen) atoms. The van der Waals surface area contributed by atoms with Gasteiger partial charge in [0.2, 0.25) is 0 Å². The van der Waals surface area contributed by atoms with Crippen molar-refractivity contribution in [3.05, 3.63) is 28.8 Å². The summed E-state index contributed by atoms with van der Waals surface area (Å²) in [6, 6.07) is 6.19. The molecular weight excluding hydrogens is 222 g/mol. The second kappa shape index (κ2) is 5.55. The normalized spacial score (nSPS) is 17.4. The molecule has 1 saturated heterocycles. The Morgan fingerprint density at radius 1 is 1.38 bits per heavy atom. The summed E-state index contributed by atoms with van der Waals surface area (Å²) in [5, 5.41) is 4.11. The third-order valence-corrected chi connectivity index (χ3v) is 3.36. The van der Waals surface area contributed by atoms with Gasteiger partial charge in [-0.2, -0.15) is 0 Å². The van der Waals surface area contributed by atoms with E-state index in [9.17, 15) is 0 Å². The van der Waals surface area contributed by atoms with Gasteiger partial charge in [0, 0.05) is 0 Å². The Kier molecular flexibility index (Phi) is 4.08. The molecule has 0 aliphatic carbocycles. The van der Waals surface area contributed by atoms with Crippen LogP contribution in [0, 0.1) is 0 Å². The quantitative estimate of drug-likeness (QED) is 0.875. The van der Waals surface area contributed by atoms with E-state index in [1.54, 1.807) is 0 Å². The van der Waals surface area contributed by atoms with Crippen molar-refractivity contribution in [1.82, 2.24) is 5.32 Å². The summed E-state index contributed by atoms with van der Waals surface area (Å²) in [6.07, 6.45) is 2.40. The number of ether oxygens (including phenoxy) is 1. The summed E-state index contributed by atoms with van der Waals surface area (Å²) >= 11 is 6.19. The van der Waals surface area contributed by atoms with Gasteiger partial charge >= 0.3 is 0 Å². The monoisotopic (exact) mass is 239 g/mol. The molecule has 1 aliphatic rings. The molecule has 2 rings (SSSR count). The van der Waals surface area contributed by atoms with E-state index < -0.39 is 0 Å². The highest BCUT2D eigenvalue weighted by Gasteiger charge is 2.16. The van der Waals surface area contributed by atoms with E-state index in [1.807, 2.05) is 13.0 Å². The summed E-state index contributed by atoms with van der Waals surface area (Å²) in [5.41, 5.74) is 1.34. The minimum absolute atomic E-state index is 0.648. The Balaban J connectivity index is 2.13. The topological polar surface area (TPSA) is 21.3 Å². The largest absolute Gasteiger partial charge is 0.492 e. The van der Waals surface area contributed by atoms with Crippen LogP contribution in [-0.2, 0) is 0 Å². The number of hydrogen-bond acceptors (Lipinski definition) is 2. The SMILES string of the molecule is CCOc1ccc(C2CCNCC2)cc1Cl. The van der Waals surface area contributed by atoms with Gasteiger partial charge < -0.3 is 10.1 Å².